The molecule has 8 nitrogen and oxygen atoms in total. The van der Waals surface area contributed by atoms with E-state index in [2.05, 4.69) is 26.2 Å². The van der Waals surface area contributed by atoms with E-state index in [4.69, 9.17) is 0 Å². The molecule has 1 aliphatic rings. The van der Waals surface area contributed by atoms with E-state index in [1.165, 1.54) is 23.3 Å². The summed E-state index contributed by atoms with van der Waals surface area (Å²) in [6, 6.07) is 26.5. The van der Waals surface area contributed by atoms with Crippen LogP contribution in [-0.4, -0.2) is 26.1 Å². The van der Waals surface area contributed by atoms with Crippen LogP contribution in [0.3, 0.4) is 0 Å². The van der Waals surface area contributed by atoms with E-state index in [9.17, 15) is 8.78 Å². The van der Waals surface area contributed by atoms with E-state index < -0.39 is 5.82 Å². The summed E-state index contributed by atoms with van der Waals surface area (Å²) in [4.78, 5) is 9.73. The third kappa shape index (κ3) is 7.24. The van der Waals surface area contributed by atoms with Crippen molar-refractivity contribution in [2.75, 3.05) is 9.91 Å². The summed E-state index contributed by atoms with van der Waals surface area (Å²) in [5, 5.41) is 9.88. The van der Waals surface area contributed by atoms with Gasteiger partial charge in [-0.3, -0.25) is 4.98 Å². The number of hydrogen-bond acceptors (Lipinski definition) is 6. The minimum absolute atomic E-state index is 0. The molecule has 0 saturated heterocycles. The second kappa shape index (κ2) is 13.8. The van der Waals surface area contributed by atoms with Gasteiger partial charge in [-0.05, 0) is 42.3 Å². The van der Waals surface area contributed by atoms with Gasteiger partial charge in [0.15, 0.2) is 0 Å². The van der Waals surface area contributed by atoms with Gasteiger partial charge in [-0.1, -0.05) is 41.1 Å². The van der Waals surface area contributed by atoms with Crippen LogP contribution in [0.5, 0.6) is 0 Å². The molecule has 0 atom stereocenters. The zero-order valence-corrected chi connectivity index (χ0v) is 24.1. The van der Waals surface area contributed by atoms with Crippen LogP contribution in [0.4, 0.5) is 20.3 Å². The number of para-hydroxylation sites is 2. The molecule has 195 valence electrons. The van der Waals surface area contributed by atoms with Gasteiger partial charge in [-0.25, -0.2) is 20.0 Å². The molecule has 38 heavy (non-hydrogen) atoms. The first kappa shape index (κ1) is 29.0. The van der Waals surface area contributed by atoms with Crippen molar-refractivity contribution >= 4 is 17.8 Å². The van der Waals surface area contributed by atoms with Crippen molar-refractivity contribution in [1.82, 2.24) is 19.7 Å². The smallest absolute Gasteiger partial charge is 0.270 e. The molecule has 0 aliphatic carbocycles. The van der Waals surface area contributed by atoms with E-state index in [1.54, 1.807) is 36.4 Å². The van der Waals surface area contributed by atoms with Gasteiger partial charge >= 0.3 is 0 Å². The number of aromatic nitrogens is 5. The maximum absolute atomic E-state index is 12.8. The van der Waals surface area contributed by atoms with E-state index in [0.29, 0.717) is 11.6 Å². The van der Waals surface area contributed by atoms with Crippen LogP contribution < -0.4 is 38.5 Å². The zero-order chi connectivity index (χ0) is 24.7. The van der Waals surface area contributed by atoms with Crippen LogP contribution in [0.15, 0.2) is 109 Å². The first-order valence-electron chi connectivity index (χ1n) is 10.8. The van der Waals surface area contributed by atoms with Crippen molar-refractivity contribution in [3.05, 3.63) is 128 Å². The summed E-state index contributed by atoms with van der Waals surface area (Å²) in [7, 11) is 0. The number of nitrogens with zero attached hydrogens (tertiary/aromatic N) is 8. The molecule has 12 heteroatoms. The standard InChI is InChI=1S/C13H10FN4.C13H9FN4.HI.Ir/c2*14-11-6-7-13(15-8-11)18-10-17(9-16-18)12-4-2-1-3-5-12;;/h1-10H;1-6,8-10H;1H;/q+1;-2;;/p-1. The normalized spacial score (nSPS) is 11.7. The molecule has 0 bridgehead atoms. The molecule has 3 aromatic heterocycles. The predicted molar refractivity (Wildman–Crippen MR) is 130 cm³/mol. The Morgan fingerprint density at radius 1 is 0.842 bits per heavy atom. The van der Waals surface area contributed by atoms with E-state index in [1.807, 2.05) is 70.1 Å². The fraction of sp³-hybridized carbons (Fsp3) is 0. The van der Waals surface area contributed by atoms with Crippen LogP contribution in [0.1, 0.15) is 0 Å². The van der Waals surface area contributed by atoms with Crippen LogP contribution >= 0.6 is 0 Å². The van der Waals surface area contributed by atoms with Crippen LogP contribution in [0.2, 0.25) is 0 Å². The first-order valence-corrected chi connectivity index (χ1v) is 10.8. The minimum Gasteiger partial charge on any atom is -1.00 e. The van der Waals surface area contributed by atoms with Gasteiger partial charge in [0.1, 0.15) is 11.5 Å². The topological polar surface area (TPSA) is 66.3 Å². The van der Waals surface area contributed by atoms with Crippen molar-refractivity contribution in [2.45, 2.75) is 0 Å². The molecule has 0 N–H and O–H groups in total. The maximum Gasteiger partial charge on any atom is 0.270 e. The minimum atomic E-state index is -0.415. The first-order chi connectivity index (χ1) is 17.7. The van der Waals surface area contributed by atoms with E-state index in [-0.39, 0.29) is 49.9 Å². The van der Waals surface area contributed by atoms with E-state index in [0.717, 1.165) is 17.6 Å². The second-order valence-corrected chi connectivity index (χ2v) is 7.46. The van der Waals surface area contributed by atoms with E-state index >= 15 is 0 Å². The fourth-order valence-electron chi connectivity index (χ4n) is 3.23. The number of halogens is 3. The molecule has 0 amide bonds. The molecule has 1 aliphatic heterocycles. The summed E-state index contributed by atoms with van der Waals surface area (Å²) in [6.07, 6.45) is 7.44. The maximum atomic E-state index is 12.8. The molecule has 2 aromatic carbocycles. The SMILES string of the molecule is Fc1c[c-]c(N2[CH-]N(c3ccccc3)C=N2)nc1.Fc1ccc(-n2c[n+](-c3ccccc3)cn2)nc1.[I-].[Ir]. The Bertz CT molecular complexity index is 1440. The van der Waals surface area contributed by atoms with Crippen LogP contribution in [0.25, 0.3) is 11.5 Å². The molecule has 4 heterocycles. The second-order valence-electron chi connectivity index (χ2n) is 7.46. The van der Waals surface area contributed by atoms with Crippen molar-refractivity contribution in [3.63, 3.8) is 0 Å². The molecule has 0 fully saturated rings. The van der Waals surface area contributed by atoms with Gasteiger partial charge < -0.3 is 38.3 Å². The Kier molecular flexibility index (Phi) is 10.5. The number of pyridine rings is 2. The number of anilines is 2. The van der Waals surface area contributed by atoms with Gasteiger partial charge in [0.2, 0.25) is 12.1 Å². The molecule has 5 aromatic rings. The number of benzene rings is 2. The van der Waals surface area contributed by atoms with Crippen LogP contribution in [-0.2, 0) is 20.1 Å². The average molecular weight is 801 g/mol. The Labute approximate surface area is 248 Å². The number of rotatable bonds is 4. The van der Waals surface area contributed by atoms with Crippen molar-refractivity contribution in [2.24, 2.45) is 5.10 Å². The summed E-state index contributed by atoms with van der Waals surface area (Å²) < 4.78 is 29.0. The predicted octanol–water partition coefficient (Wildman–Crippen LogP) is 1.09. The van der Waals surface area contributed by atoms with Gasteiger partial charge in [0, 0.05) is 42.8 Å². The molecule has 1 radical (unpaired) electrons. The summed E-state index contributed by atoms with van der Waals surface area (Å²) in [5.41, 5.74) is 2.00. The number of hydrazone groups is 1. The van der Waals surface area contributed by atoms with Crippen molar-refractivity contribution in [1.29, 1.82) is 0 Å². The molecular formula is C26H19F2IIrN8-2. The van der Waals surface area contributed by atoms with Gasteiger partial charge in [0.05, 0.1) is 12.5 Å². The third-order valence-electron chi connectivity index (χ3n) is 4.99. The number of hydrogen-bond donors (Lipinski definition) is 0. The zero-order valence-electron chi connectivity index (χ0n) is 19.5. The summed E-state index contributed by atoms with van der Waals surface area (Å²) in [6.45, 7) is 1.76. The summed E-state index contributed by atoms with van der Waals surface area (Å²) in [5.74, 6) is 0.251. The quantitative estimate of drug-likeness (QED) is 0.155. The Morgan fingerprint density at radius 2 is 1.55 bits per heavy atom. The Balaban J connectivity index is 0.000000200. The summed E-state index contributed by atoms with van der Waals surface area (Å²) >= 11 is 0. The Hall–Kier alpha value is -3.61. The molecular weight excluding hydrogens is 781 g/mol. The Morgan fingerprint density at radius 3 is 2.21 bits per heavy atom. The van der Waals surface area contributed by atoms with Crippen molar-refractivity contribution in [3.8, 4) is 11.5 Å². The fourth-order valence-corrected chi connectivity index (χ4v) is 3.23. The van der Waals surface area contributed by atoms with Crippen LogP contribution in [0, 0.1) is 24.4 Å². The molecule has 0 saturated carbocycles. The van der Waals surface area contributed by atoms with Crippen molar-refractivity contribution < 1.29 is 57.4 Å². The molecule has 6 rings (SSSR count). The largest absolute Gasteiger partial charge is 1.00 e. The monoisotopic (exact) mass is 801 g/mol. The van der Waals surface area contributed by atoms with Gasteiger partial charge in [0.25, 0.3) is 6.33 Å². The third-order valence-corrected chi connectivity index (χ3v) is 4.99. The van der Waals surface area contributed by atoms with Gasteiger partial charge in [-0.15, -0.1) is 6.67 Å². The molecule has 0 spiro atoms. The average Bonchev–Trinajstić information content (AvgIpc) is 3.62. The molecule has 0 unspecified atom stereocenters. The van der Waals surface area contributed by atoms with Gasteiger partial charge in [-0.2, -0.15) is 11.2 Å².